The molecule has 0 aliphatic rings. The number of nitrogens with two attached hydrogens (primary N) is 1. The summed E-state index contributed by atoms with van der Waals surface area (Å²) in [5.41, 5.74) is 7.02. The summed E-state index contributed by atoms with van der Waals surface area (Å²) < 4.78 is 1.01. The Bertz CT molecular complexity index is 363. The Hall–Kier alpha value is -0.610. The fourth-order valence-corrected chi connectivity index (χ4v) is 2.16. The molecule has 0 saturated heterocycles. The number of hydrogen-bond donors (Lipinski definition) is 1. The van der Waals surface area contributed by atoms with Gasteiger partial charge < -0.3 is 10.6 Å². The lowest BCUT2D eigenvalue weighted by molar-refractivity contribution is 0.384. The van der Waals surface area contributed by atoms with Crippen molar-refractivity contribution in [2.45, 2.75) is 20.8 Å². The summed E-state index contributed by atoms with van der Waals surface area (Å²) in [6.45, 7) is 7.97. The molecule has 0 saturated carbocycles. The van der Waals surface area contributed by atoms with Gasteiger partial charge in [0.05, 0.1) is 0 Å². The van der Waals surface area contributed by atoms with Crippen LogP contribution in [0.1, 0.15) is 19.4 Å². The molecule has 0 unspecified atom stereocenters. The smallest absolute Gasteiger partial charge is 0.131 e. The highest BCUT2D eigenvalue weighted by atomic mass is 79.9. The van der Waals surface area contributed by atoms with Crippen molar-refractivity contribution in [2.24, 2.45) is 11.1 Å². The zero-order valence-corrected chi connectivity index (χ0v) is 12.0. The standard InChI is InChI=1S/C12H20BrN3/c1-9-5-10(13)6-15-11(9)16(4)8-12(2,3)7-14/h5-6H,7-8,14H2,1-4H3. The van der Waals surface area contributed by atoms with Crippen molar-refractivity contribution in [1.82, 2.24) is 4.98 Å². The number of halogens is 1. The molecule has 0 fully saturated rings. The van der Waals surface area contributed by atoms with E-state index in [1.807, 2.05) is 6.20 Å². The van der Waals surface area contributed by atoms with Crippen LogP contribution in [-0.2, 0) is 0 Å². The van der Waals surface area contributed by atoms with Crippen LogP contribution in [-0.4, -0.2) is 25.1 Å². The third kappa shape index (κ3) is 3.46. The Morgan fingerprint density at radius 3 is 2.62 bits per heavy atom. The van der Waals surface area contributed by atoms with E-state index in [1.54, 1.807) is 0 Å². The van der Waals surface area contributed by atoms with Crippen LogP contribution in [0.2, 0.25) is 0 Å². The van der Waals surface area contributed by atoms with Gasteiger partial charge in [-0.05, 0) is 46.4 Å². The number of anilines is 1. The zero-order valence-electron chi connectivity index (χ0n) is 10.4. The summed E-state index contributed by atoms with van der Waals surface area (Å²) in [4.78, 5) is 6.60. The Morgan fingerprint density at radius 1 is 1.50 bits per heavy atom. The Kier molecular flexibility index (Phi) is 4.33. The lowest BCUT2D eigenvalue weighted by Gasteiger charge is -2.30. The summed E-state index contributed by atoms with van der Waals surface area (Å²) in [6.07, 6.45) is 1.83. The predicted molar refractivity (Wildman–Crippen MR) is 72.8 cm³/mol. The van der Waals surface area contributed by atoms with Crippen molar-refractivity contribution in [2.75, 3.05) is 25.0 Å². The van der Waals surface area contributed by atoms with Gasteiger partial charge in [-0.2, -0.15) is 0 Å². The lowest BCUT2D eigenvalue weighted by Crippen LogP contribution is -2.37. The molecule has 0 atom stereocenters. The Labute approximate surface area is 106 Å². The molecule has 4 heteroatoms. The second-order valence-electron chi connectivity index (χ2n) is 5.02. The molecule has 16 heavy (non-hydrogen) atoms. The first-order chi connectivity index (χ1) is 7.35. The monoisotopic (exact) mass is 285 g/mol. The van der Waals surface area contributed by atoms with Crippen molar-refractivity contribution < 1.29 is 0 Å². The molecule has 0 radical (unpaired) electrons. The van der Waals surface area contributed by atoms with Gasteiger partial charge in [0.1, 0.15) is 5.82 Å². The number of rotatable bonds is 4. The van der Waals surface area contributed by atoms with E-state index in [1.165, 1.54) is 5.56 Å². The van der Waals surface area contributed by atoms with Gasteiger partial charge in [0.15, 0.2) is 0 Å². The molecule has 0 aliphatic heterocycles. The summed E-state index contributed by atoms with van der Waals surface area (Å²) in [5.74, 6) is 1.02. The van der Waals surface area contributed by atoms with Gasteiger partial charge in [0.25, 0.3) is 0 Å². The van der Waals surface area contributed by atoms with Gasteiger partial charge in [0, 0.05) is 24.3 Å². The van der Waals surface area contributed by atoms with E-state index >= 15 is 0 Å². The van der Waals surface area contributed by atoms with Crippen LogP contribution in [0.5, 0.6) is 0 Å². The quantitative estimate of drug-likeness (QED) is 0.925. The van der Waals surface area contributed by atoms with E-state index in [4.69, 9.17) is 5.73 Å². The lowest BCUT2D eigenvalue weighted by atomic mass is 9.93. The first kappa shape index (κ1) is 13.5. The van der Waals surface area contributed by atoms with E-state index in [-0.39, 0.29) is 5.41 Å². The minimum absolute atomic E-state index is 0.107. The fourth-order valence-electron chi connectivity index (χ4n) is 1.71. The normalized spacial score (nSPS) is 11.6. The van der Waals surface area contributed by atoms with Crippen LogP contribution < -0.4 is 10.6 Å². The molecule has 0 aromatic carbocycles. The van der Waals surface area contributed by atoms with Crippen LogP contribution >= 0.6 is 15.9 Å². The third-order valence-electron chi connectivity index (χ3n) is 2.60. The van der Waals surface area contributed by atoms with E-state index in [0.29, 0.717) is 6.54 Å². The molecule has 3 nitrogen and oxygen atoms in total. The molecular formula is C12H20BrN3. The molecule has 0 bridgehead atoms. The maximum atomic E-state index is 5.74. The highest BCUT2D eigenvalue weighted by Gasteiger charge is 2.19. The fraction of sp³-hybridized carbons (Fsp3) is 0.583. The summed E-state index contributed by atoms with van der Waals surface area (Å²) in [6, 6.07) is 2.08. The Morgan fingerprint density at radius 2 is 2.12 bits per heavy atom. The van der Waals surface area contributed by atoms with E-state index < -0.39 is 0 Å². The molecule has 90 valence electrons. The number of aromatic nitrogens is 1. The number of hydrogen-bond acceptors (Lipinski definition) is 3. The van der Waals surface area contributed by atoms with Gasteiger partial charge >= 0.3 is 0 Å². The summed E-state index contributed by atoms with van der Waals surface area (Å²) in [7, 11) is 2.06. The van der Waals surface area contributed by atoms with Crippen LogP contribution in [0.3, 0.4) is 0 Å². The second-order valence-corrected chi connectivity index (χ2v) is 5.93. The van der Waals surface area contributed by atoms with Crippen LogP contribution in [0.4, 0.5) is 5.82 Å². The highest BCUT2D eigenvalue weighted by Crippen LogP contribution is 2.23. The van der Waals surface area contributed by atoms with Crippen molar-refractivity contribution in [1.29, 1.82) is 0 Å². The Balaban J connectivity index is 2.84. The largest absolute Gasteiger partial charge is 0.359 e. The first-order valence-electron chi connectivity index (χ1n) is 5.39. The van der Waals surface area contributed by atoms with Crippen LogP contribution in [0.15, 0.2) is 16.7 Å². The summed E-state index contributed by atoms with van der Waals surface area (Å²) >= 11 is 3.42. The average Bonchev–Trinajstić information content (AvgIpc) is 2.16. The molecule has 1 aromatic heterocycles. The number of pyridine rings is 1. The van der Waals surface area contributed by atoms with E-state index in [9.17, 15) is 0 Å². The van der Waals surface area contributed by atoms with Crippen molar-refractivity contribution in [3.63, 3.8) is 0 Å². The van der Waals surface area contributed by atoms with Gasteiger partial charge in [0.2, 0.25) is 0 Å². The molecule has 0 aliphatic carbocycles. The molecule has 1 aromatic rings. The van der Waals surface area contributed by atoms with E-state index in [0.717, 1.165) is 16.8 Å². The number of aryl methyl sites for hydroxylation is 1. The van der Waals surface area contributed by atoms with Crippen molar-refractivity contribution >= 4 is 21.7 Å². The predicted octanol–water partition coefficient (Wildman–Crippen LogP) is 2.57. The summed E-state index contributed by atoms with van der Waals surface area (Å²) in [5, 5.41) is 0. The minimum Gasteiger partial charge on any atom is -0.359 e. The SMILES string of the molecule is Cc1cc(Br)cnc1N(C)CC(C)(C)CN. The van der Waals surface area contributed by atoms with Gasteiger partial charge in [-0.15, -0.1) is 0 Å². The van der Waals surface area contributed by atoms with Crippen molar-refractivity contribution in [3.05, 3.63) is 22.3 Å². The van der Waals surface area contributed by atoms with Gasteiger partial charge in [-0.3, -0.25) is 0 Å². The van der Waals surface area contributed by atoms with Gasteiger partial charge in [-0.1, -0.05) is 13.8 Å². The molecule has 1 rings (SSSR count). The van der Waals surface area contributed by atoms with Crippen LogP contribution in [0.25, 0.3) is 0 Å². The average molecular weight is 286 g/mol. The molecule has 2 N–H and O–H groups in total. The minimum atomic E-state index is 0.107. The van der Waals surface area contributed by atoms with Gasteiger partial charge in [-0.25, -0.2) is 4.98 Å². The van der Waals surface area contributed by atoms with Crippen LogP contribution in [0, 0.1) is 12.3 Å². The molecule has 1 heterocycles. The molecule has 0 spiro atoms. The topological polar surface area (TPSA) is 42.2 Å². The second kappa shape index (κ2) is 5.15. The maximum absolute atomic E-state index is 5.74. The maximum Gasteiger partial charge on any atom is 0.131 e. The van der Waals surface area contributed by atoms with E-state index in [2.05, 4.69) is 59.7 Å². The van der Waals surface area contributed by atoms with Crippen molar-refractivity contribution in [3.8, 4) is 0 Å². The third-order valence-corrected chi connectivity index (χ3v) is 3.03. The molecular weight excluding hydrogens is 266 g/mol. The first-order valence-corrected chi connectivity index (χ1v) is 6.18. The highest BCUT2D eigenvalue weighted by molar-refractivity contribution is 9.10. The zero-order chi connectivity index (χ0) is 12.3. The number of nitrogens with zero attached hydrogens (tertiary/aromatic N) is 2. The molecule has 0 amide bonds.